The molecular formula is C16H20N2O3. The summed E-state index contributed by atoms with van der Waals surface area (Å²) < 4.78 is 7.05. The largest absolute Gasteiger partial charge is 0.454 e. The van der Waals surface area contributed by atoms with Crippen LogP contribution >= 0.6 is 0 Å². The molecule has 0 saturated heterocycles. The van der Waals surface area contributed by atoms with Crippen LogP contribution < -0.4 is 10.9 Å². The molecule has 1 amide bonds. The molecule has 0 bridgehead atoms. The van der Waals surface area contributed by atoms with Gasteiger partial charge in [0, 0.05) is 18.3 Å². The zero-order valence-electron chi connectivity index (χ0n) is 12.3. The highest BCUT2D eigenvalue weighted by Crippen LogP contribution is 2.10. The molecule has 0 saturated carbocycles. The molecular weight excluding hydrogens is 268 g/mol. The second kappa shape index (κ2) is 6.92. The molecule has 2 aromatic rings. The molecule has 5 nitrogen and oxygen atoms in total. The van der Waals surface area contributed by atoms with E-state index in [9.17, 15) is 9.59 Å². The lowest BCUT2D eigenvalue weighted by atomic mass is 10.2. The van der Waals surface area contributed by atoms with Gasteiger partial charge in [-0.3, -0.25) is 9.59 Å². The smallest absolute Gasteiger partial charge is 0.287 e. The Bertz CT molecular complexity index is 653. The van der Waals surface area contributed by atoms with E-state index in [1.807, 2.05) is 13.8 Å². The molecule has 0 aromatic carbocycles. The van der Waals surface area contributed by atoms with Gasteiger partial charge in [0.05, 0.1) is 6.54 Å². The molecule has 0 aliphatic heterocycles. The molecule has 5 heteroatoms. The lowest BCUT2D eigenvalue weighted by Crippen LogP contribution is -2.33. The fraction of sp³-hybridized carbons (Fsp3) is 0.375. The molecule has 2 heterocycles. The number of aromatic nitrogens is 1. The predicted molar refractivity (Wildman–Crippen MR) is 80.3 cm³/mol. The molecule has 2 rings (SSSR count). The topological polar surface area (TPSA) is 64.2 Å². The highest BCUT2D eigenvalue weighted by molar-refractivity contribution is 5.91. The number of hydrogen-bond donors (Lipinski definition) is 1. The first-order valence-electron chi connectivity index (χ1n) is 7.19. The molecule has 0 aliphatic carbocycles. The summed E-state index contributed by atoms with van der Waals surface area (Å²) >= 11 is 0. The van der Waals surface area contributed by atoms with Crippen molar-refractivity contribution < 1.29 is 9.21 Å². The number of nitrogens with one attached hydrogen (secondary N) is 1. The van der Waals surface area contributed by atoms with Gasteiger partial charge in [0.1, 0.15) is 5.76 Å². The van der Waals surface area contributed by atoms with Crippen LogP contribution in [0.25, 0.3) is 0 Å². The number of carbonyl (C=O) groups excluding carboxylic acids is 1. The second-order valence-electron chi connectivity index (χ2n) is 4.92. The van der Waals surface area contributed by atoms with Crippen molar-refractivity contribution >= 4 is 5.91 Å². The van der Waals surface area contributed by atoms with Crippen LogP contribution in [0.4, 0.5) is 0 Å². The highest BCUT2D eigenvalue weighted by atomic mass is 16.4. The number of carbonyl (C=O) groups is 1. The van der Waals surface area contributed by atoms with Crippen LogP contribution in [0.2, 0.25) is 0 Å². The van der Waals surface area contributed by atoms with E-state index in [0.29, 0.717) is 12.3 Å². The summed E-state index contributed by atoms with van der Waals surface area (Å²) in [6.07, 6.45) is 3.46. The van der Waals surface area contributed by atoms with Crippen LogP contribution in [0.1, 0.15) is 43.0 Å². The number of nitrogens with zero attached hydrogens (tertiary/aromatic N) is 1. The third kappa shape index (κ3) is 3.84. The summed E-state index contributed by atoms with van der Waals surface area (Å²) in [5, 5.41) is 2.92. The summed E-state index contributed by atoms with van der Waals surface area (Å²) in [7, 11) is 0. The third-order valence-electron chi connectivity index (χ3n) is 3.43. The first-order chi connectivity index (χ1) is 10.1. The van der Waals surface area contributed by atoms with Crippen LogP contribution in [0, 0.1) is 0 Å². The Morgan fingerprint density at radius 1 is 1.24 bits per heavy atom. The van der Waals surface area contributed by atoms with Gasteiger partial charge in [-0.15, -0.1) is 0 Å². The van der Waals surface area contributed by atoms with E-state index in [4.69, 9.17) is 4.42 Å². The van der Waals surface area contributed by atoms with E-state index in [2.05, 4.69) is 5.32 Å². The summed E-state index contributed by atoms with van der Waals surface area (Å²) in [6, 6.07) is 8.48. The van der Waals surface area contributed by atoms with Gasteiger partial charge in [-0.1, -0.05) is 19.9 Å². The first-order valence-corrected chi connectivity index (χ1v) is 7.19. The minimum absolute atomic E-state index is 0.100. The Morgan fingerprint density at radius 2 is 2.00 bits per heavy atom. The van der Waals surface area contributed by atoms with Crippen molar-refractivity contribution in [1.29, 1.82) is 0 Å². The van der Waals surface area contributed by atoms with Crippen molar-refractivity contribution in [3.8, 4) is 0 Å². The van der Waals surface area contributed by atoms with Gasteiger partial charge in [0.15, 0.2) is 5.76 Å². The average molecular weight is 288 g/mol. The number of hydrogen-bond acceptors (Lipinski definition) is 3. The van der Waals surface area contributed by atoms with Gasteiger partial charge in [0.25, 0.3) is 11.5 Å². The van der Waals surface area contributed by atoms with Crippen molar-refractivity contribution in [2.45, 2.75) is 39.3 Å². The van der Waals surface area contributed by atoms with Gasteiger partial charge in [0.2, 0.25) is 0 Å². The minimum atomic E-state index is -0.213. The number of furan rings is 1. The van der Waals surface area contributed by atoms with Crippen LogP contribution in [0.15, 0.2) is 45.7 Å². The van der Waals surface area contributed by atoms with E-state index in [1.165, 1.54) is 10.6 Å². The van der Waals surface area contributed by atoms with Gasteiger partial charge in [-0.25, -0.2) is 0 Å². The van der Waals surface area contributed by atoms with Gasteiger partial charge >= 0.3 is 0 Å². The van der Waals surface area contributed by atoms with E-state index in [1.54, 1.807) is 30.5 Å². The Morgan fingerprint density at radius 3 is 2.67 bits per heavy atom. The molecule has 0 aliphatic rings. The van der Waals surface area contributed by atoms with E-state index >= 15 is 0 Å². The van der Waals surface area contributed by atoms with Crippen molar-refractivity contribution in [3.05, 3.63) is 58.4 Å². The molecule has 0 atom stereocenters. The predicted octanol–water partition coefficient (Wildman–Crippen LogP) is 2.41. The molecule has 21 heavy (non-hydrogen) atoms. The molecule has 0 unspecified atom stereocenters. The molecule has 2 aromatic heterocycles. The summed E-state index contributed by atoms with van der Waals surface area (Å²) in [4.78, 5) is 23.7. The maximum Gasteiger partial charge on any atom is 0.287 e. The van der Waals surface area contributed by atoms with Gasteiger partial charge < -0.3 is 14.3 Å². The SMILES string of the molecule is CCC(CC)NC(=O)c1ccc(Cn2ccccc2=O)o1. The highest BCUT2D eigenvalue weighted by Gasteiger charge is 2.14. The maximum absolute atomic E-state index is 12.0. The fourth-order valence-electron chi connectivity index (χ4n) is 2.09. The average Bonchev–Trinajstić information content (AvgIpc) is 2.95. The lowest BCUT2D eigenvalue weighted by Gasteiger charge is -2.13. The first kappa shape index (κ1) is 15.1. The monoisotopic (exact) mass is 288 g/mol. The molecule has 0 spiro atoms. The van der Waals surface area contributed by atoms with Crippen LogP contribution in [-0.2, 0) is 6.54 Å². The molecule has 112 valence electrons. The van der Waals surface area contributed by atoms with Crippen LogP contribution in [0.3, 0.4) is 0 Å². The maximum atomic E-state index is 12.0. The minimum Gasteiger partial charge on any atom is -0.454 e. The Hall–Kier alpha value is -2.30. The van der Waals surface area contributed by atoms with Gasteiger partial charge in [-0.05, 0) is 31.0 Å². The Labute approximate surface area is 123 Å². The van der Waals surface area contributed by atoms with Crippen LogP contribution in [-0.4, -0.2) is 16.5 Å². The number of rotatable bonds is 6. The fourth-order valence-corrected chi connectivity index (χ4v) is 2.09. The van der Waals surface area contributed by atoms with Crippen molar-refractivity contribution in [2.24, 2.45) is 0 Å². The quantitative estimate of drug-likeness (QED) is 0.887. The zero-order chi connectivity index (χ0) is 15.2. The summed E-state index contributed by atoms with van der Waals surface area (Å²) in [6.45, 7) is 4.38. The normalized spacial score (nSPS) is 10.8. The zero-order valence-corrected chi connectivity index (χ0v) is 12.3. The summed E-state index contributed by atoms with van der Waals surface area (Å²) in [5.74, 6) is 0.647. The van der Waals surface area contributed by atoms with E-state index in [0.717, 1.165) is 12.8 Å². The van der Waals surface area contributed by atoms with Crippen LogP contribution in [0.5, 0.6) is 0 Å². The van der Waals surface area contributed by atoms with E-state index < -0.39 is 0 Å². The van der Waals surface area contributed by atoms with Crippen molar-refractivity contribution in [2.75, 3.05) is 0 Å². The number of pyridine rings is 1. The molecule has 1 N–H and O–H groups in total. The standard InChI is InChI=1S/C16H20N2O3/c1-3-12(4-2)17-16(20)14-9-8-13(21-14)11-18-10-6-5-7-15(18)19/h5-10,12H,3-4,11H2,1-2H3,(H,17,20). The van der Waals surface area contributed by atoms with Crippen molar-refractivity contribution in [3.63, 3.8) is 0 Å². The number of amides is 1. The van der Waals surface area contributed by atoms with E-state index in [-0.39, 0.29) is 23.3 Å². The third-order valence-corrected chi connectivity index (χ3v) is 3.43. The lowest BCUT2D eigenvalue weighted by molar-refractivity contribution is 0.0904. The van der Waals surface area contributed by atoms with Crippen molar-refractivity contribution in [1.82, 2.24) is 9.88 Å². The Balaban J connectivity index is 2.06. The summed E-state index contributed by atoms with van der Waals surface area (Å²) in [5.41, 5.74) is -0.100. The van der Waals surface area contributed by atoms with Gasteiger partial charge in [-0.2, -0.15) is 0 Å². The second-order valence-corrected chi connectivity index (χ2v) is 4.92. The Kier molecular flexibility index (Phi) is 4.98. The molecule has 0 radical (unpaired) electrons. The molecule has 0 fully saturated rings.